The van der Waals surface area contributed by atoms with Gasteiger partial charge in [-0.2, -0.15) is 0 Å². The molecule has 4 nitrogen and oxygen atoms in total. The zero-order valence-corrected chi connectivity index (χ0v) is 13.7. The van der Waals surface area contributed by atoms with Crippen LogP contribution in [0, 0.1) is 0 Å². The molecule has 0 spiro atoms. The molecule has 0 bridgehead atoms. The molecule has 1 aromatic carbocycles. The largest absolute Gasteiger partial charge is 0.383 e. The van der Waals surface area contributed by atoms with Crippen LogP contribution >= 0.6 is 0 Å². The van der Waals surface area contributed by atoms with Crippen molar-refractivity contribution in [3.05, 3.63) is 35.9 Å². The summed E-state index contributed by atoms with van der Waals surface area (Å²) < 4.78 is 0. The second kappa shape index (κ2) is 7.75. The highest BCUT2D eigenvalue weighted by Gasteiger charge is 2.34. The maximum atomic E-state index is 12.2. The number of carbonyl (C=O) groups excluding carboxylic acids is 1. The molecule has 0 saturated heterocycles. The fraction of sp³-hybridized carbons (Fsp3) is 0.611. The lowest BCUT2D eigenvalue weighted by Crippen LogP contribution is -2.55. The van der Waals surface area contributed by atoms with Crippen LogP contribution in [0.1, 0.15) is 37.7 Å². The summed E-state index contributed by atoms with van der Waals surface area (Å²) in [5, 5.41) is 13.1. The maximum Gasteiger partial charge on any atom is 0.249 e. The zero-order valence-electron chi connectivity index (χ0n) is 13.7. The van der Waals surface area contributed by atoms with E-state index in [1.165, 1.54) is 19.3 Å². The van der Waals surface area contributed by atoms with Gasteiger partial charge in [-0.05, 0) is 32.5 Å². The Balaban J connectivity index is 1.88. The third kappa shape index (κ3) is 4.31. The molecule has 0 heterocycles. The van der Waals surface area contributed by atoms with Gasteiger partial charge in [0.05, 0.1) is 0 Å². The van der Waals surface area contributed by atoms with E-state index in [1.807, 2.05) is 30.3 Å². The second-order valence-corrected chi connectivity index (χ2v) is 6.60. The number of nitrogens with one attached hydrogen (secondary N) is 1. The third-order valence-electron chi connectivity index (χ3n) is 4.90. The fourth-order valence-electron chi connectivity index (χ4n) is 3.29. The first kappa shape index (κ1) is 17.0. The number of amides is 1. The number of benzene rings is 1. The van der Waals surface area contributed by atoms with Gasteiger partial charge in [0.1, 0.15) is 6.10 Å². The van der Waals surface area contributed by atoms with Gasteiger partial charge in [0.2, 0.25) is 5.91 Å². The summed E-state index contributed by atoms with van der Waals surface area (Å²) in [5.41, 5.74) is 1.02. The summed E-state index contributed by atoms with van der Waals surface area (Å²) in [5.74, 6) is -0.268. The van der Waals surface area contributed by atoms with Crippen LogP contribution < -0.4 is 5.32 Å². The Morgan fingerprint density at radius 1 is 1.23 bits per heavy atom. The Hall–Kier alpha value is -1.39. The van der Waals surface area contributed by atoms with E-state index in [2.05, 4.69) is 24.3 Å². The van der Waals surface area contributed by atoms with E-state index in [0.717, 1.165) is 18.4 Å². The fourth-order valence-corrected chi connectivity index (χ4v) is 3.29. The van der Waals surface area contributed by atoms with Gasteiger partial charge in [0.15, 0.2) is 0 Å². The quantitative estimate of drug-likeness (QED) is 0.845. The predicted octanol–water partition coefficient (Wildman–Crippen LogP) is 1.97. The summed E-state index contributed by atoms with van der Waals surface area (Å²) in [6.07, 6.45) is 5.29. The lowest BCUT2D eigenvalue weighted by atomic mass is 9.80. The van der Waals surface area contributed by atoms with Gasteiger partial charge in [-0.15, -0.1) is 0 Å². The predicted molar refractivity (Wildman–Crippen MR) is 88.7 cm³/mol. The van der Waals surface area contributed by atoms with Crippen molar-refractivity contribution in [1.82, 2.24) is 10.2 Å². The first-order valence-corrected chi connectivity index (χ1v) is 8.21. The number of likely N-dealkylation sites (N-methyl/N-ethyl adjacent to an activating group) is 1. The zero-order chi connectivity index (χ0) is 16.0. The van der Waals surface area contributed by atoms with Crippen molar-refractivity contribution in [1.29, 1.82) is 0 Å². The molecule has 0 radical (unpaired) electrons. The van der Waals surface area contributed by atoms with Crippen molar-refractivity contribution in [3.63, 3.8) is 0 Å². The smallest absolute Gasteiger partial charge is 0.249 e. The van der Waals surface area contributed by atoms with Crippen LogP contribution in [0.3, 0.4) is 0 Å². The van der Waals surface area contributed by atoms with Crippen LogP contribution in [0.25, 0.3) is 0 Å². The molecule has 0 aliphatic heterocycles. The summed E-state index contributed by atoms with van der Waals surface area (Å²) in [6.45, 7) is 0.616. The molecule has 1 fully saturated rings. The van der Waals surface area contributed by atoms with Crippen molar-refractivity contribution in [2.75, 3.05) is 20.6 Å². The number of aliphatic hydroxyl groups excluding tert-OH is 1. The third-order valence-corrected chi connectivity index (χ3v) is 4.90. The molecule has 122 valence electrons. The molecule has 1 aliphatic rings. The molecule has 1 saturated carbocycles. The van der Waals surface area contributed by atoms with Crippen molar-refractivity contribution in [3.8, 4) is 0 Å². The summed E-state index contributed by atoms with van der Waals surface area (Å²) in [7, 11) is 4.16. The minimum Gasteiger partial charge on any atom is -0.383 e. The molecule has 1 atom stereocenters. The van der Waals surface area contributed by atoms with Gasteiger partial charge in [0, 0.05) is 18.5 Å². The van der Waals surface area contributed by atoms with Crippen LogP contribution in [0.15, 0.2) is 30.3 Å². The van der Waals surface area contributed by atoms with Gasteiger partial charge >= 0.3 is 0 Å². The normalized spacial score (nSPS) is 18.9. The molecule has 0 aromatic heterocycles. The van der Waals surface area contributed by atoms with E-state index in [4.69, 9.17) is 0 Å². The SMILES string of the molecule is CN(C)C1(CNC(=O)[C@@H](O)Cc2ccccc2)CCCCC1. The molecule has 1 aliphatic carbocycles. The summed E-state index contributed by atoms with van der Waals surface area (Å²) in [4.78, 5) is 14.4. The van der Waals surface area contributed by atoms with Crippen LogP contribution in [0.2, 0.25) is 0 Å². The summed E-state index contributed by atoms with van der Waals surface area (Å²) in [6, 6.07) is 9.63. The Kier molecular flexibility index (Phi) is 5.98. The van der Waals surface area contributed by atoms with E-state index in [-0.39, 0.29) is 11.4 Å². The number of carbonyl (C=O) groups is 1. The minimum absolute atomic E-state index is 0.0420. The first-order chi connectivity index (χ1) is 10.5. The first-order valence-electron chi connectivity index (χ1n) is 8.21. The molecule has 0 unspecified atom stereocenters. The molecular weight excluding hydrogens is 276 g/mol. The van der Waals surface area contributed by atoms with Crippen molar-refractivity contribution in [2.24, 2.45) is 0 Å². The highest BCUT2D eigenvalue weighted by Crippen LogP contribution is 2.31. The van der Waals surface area contributed by atoms with Gasteiger partial charge in [-0.25, -0.2) is 0 Å². The molecule has 2 rings (SSSR count). The highest BCUT2D eigenvalue weighted by molar-refractivity contribution is 5.80. The average molecular weight is 304 g/mol. The van der Waals surface area contributed by atoms with Crippen molar-refractivity contribution < 1.29 is 9.90 Å². The molecule has 4 heteroatoms. The number of rotatable bonds is 6. The topological polar surface area (TPSA) is 52.6 Å². The maximum absolute atomic E-state index is 12.2. The van der Waals surface area contributed by atoms with Crippen molar-refractivity contribution >= 4 is 5.91 Å². The number of hydrogen-bond acceptors (Lipinski definition) is 3. The Bertz CT molecular complexity index is 467. The summed E-state index contributed by atoms with van der Waals surface area (Å²) >= 11 is 0. The van der Waals surface area contributed by atoms with Gasteiger partial charge in [-0.1, -0.05) is 49.6 Å². The van der Waals surface area contributed by atoms with Crippen LogP contribution in [-0.4, -0.2) is 48.2 Å². The lowest BCUT2D eigenvalue weighted by molar-refractivity contribution is -0.130. The Labute approximate surface area is 133 Å². The van der Waals surface area contributed by atoms with Crippen molar-refractivity contribution in [2.45, 2.75) is 50.2 Å². The minimum atomic E-state index is -0.981. The molecule has 1 aromatic rings. The average Bonchev–Trinajstić information content (AvgIpc) is 2.54. The van der Waals surface area contributed by atoms with E-state index in [9.17, 15) is 9.90 Å². The molecule has 2 N–H and O–H groups in total. The van der Waals surface area contributed by atoms with Crippen LogP contribution in [-0.2, 0) is 11.2 Å². The van der Waals surface area contributed by atoms with Crippen LogP contribution in [0.5, 0.6) is 0 Å². The van der Waals surface area contributed by atoms with Gasteiger partial charge < -0.3 is 15.3 Å². The van der Waals surface area contributed by atoms with Gasteiger partial charge in [0.25, 0.3) is 0 Å². The van der Waals surface area contributed by atoms with E-state index in [0.29, 0.717) is 13.0 Å². The number of hydrogen-bond donors (Lipinski definition) is 2. The standard InChI is InChI=1S/C18H28N2O2/c1-20(2)18(11-7-4-8-12-18)14-19-17(22)16(21)13-15-9-5-3-6-10-15/h3,5-6,9-10,16,21H,4,7-8,11-14H2,1-2H3,(H,19,22)/t16-/m0/s1. The number of aliphatic hydroxyl groups is 1. The van der Waals surface area contributed by atoms with Crippen LogP contribution in [0.4, 0.5) is 0 Å². The Morgan fingerprint density at radius 2 is 1.86 bits per heavy atom. The lowest BCUT2D eigenvalue weighted by Gasteiger charge is -2.43. The Morgan fingerprint density at radius 3 is 2.45 bits per heavy atom. The highest BCUT2D eigenvalue weighted by atomic mass is 16.3. The molecular formula is C18H28N2O2. The van der Waals surface area contributed by atoms with Gasteiger partial charge in [-0.3, -0.25) is 4.79 Å². The molecule has 1 amide bonds. The monoisotopic (exact) mass is 304 g/mol. The molecule has 22 heavy (non-hydrogen) atoms. The van der Waals surface area contributed by atoms with E-state index in [1.54, 1.807) is 0 Å². The van der Waals surface area contributed by atoms with E-state index < -0.39 is 6.10 Å². The second-order valence-electron chi connectivity index (χ2n) is 6.60. The van der Waals surface area contributed by atoms with E-state index >= 15 is 0 Å². The number of nitrogens with zero attached hydrogens (tertiary/aromatic N) is 1.